The van der Waals surface area contributed by atoms with E-state index < -0.39 is 0 Å². The van der Waals surface area contributed by atoms with Crippen LogP contribution in [0.1, 0.15) is 53.4 Å². The van der Waals surface area contributed by atoms with Gasteiger partial charge in [0.25, 0.3) is 0 Å². The molecule has 0 spiro atoms. The molecular weight excluding hydrogens is 240 g/mol. The number of carbonyl (C=O) groups is 1. The van der Waals surface area contributed by atoms with Crippen LogP contribution in [-0.2, 0) is 9.53 Å². The summed E-state index contributed by atoms with van der Waals surface area (Å²) < 4.78 is 4.91. The molecule has 114 valence electrons. The molecule has 0 saturated heterocycles. The maximum atomic E-state index is 11.8. The number of ether oxygens (including phenoxy) is 1. The van der Waals surface area contributed by atoms with E-state index in [-0.39, 0.29) is 17.4 Å². The van der Waals surface area contributed by atoms with E-state index in [9.17, 15) is 4.79 Å². The zero-order chi connectivity index (χ0) is 14.7. The normalized spacial score (nSPS) is 13.3. The number of nitrogens with one attached hydrogen (secondary N) is 2. The van der Waals surface area contributed by atoms with Crippen LogP contribution in [-0.4, -0.2) is 38.8 Å². The first kappa shape index (κ1) is 18.4. The highest BCUT2D eigenvalue weighted by Crippen LogP contribution is 2.22. The van der Waals surface area contributed by atoms with Crippen molar-refractivity contribution >= 4 is 5.91 Å². The molecule has 0 aromatic carbocycles. The van der Waals surface area contributed by atoms with Gasteiger partial charge in [0.2, 0.25) is 5.91 Å². The first-order chi connectivity index (χ1) is 8.93. The second kappa shape index (κ2) is 10.2. The third-order valence-electron chi connectivity index (χ3n) is 3.34. The average molecular weight is 272 g/mol. The Labute approximate surface area is 118 Å². The molecule has 1 amide bonds. The zero-order valence-electron chi connectivity index (χ0n) is 13.3. The lowest BCUT2D eigenvalue weighted by atomic mass is 9.86. The van der Waals surface area contributed by atoms with Crippen molar-refractivity contribution in [1.29, 1.82) is 0 Å². The minimum atomic E-state index is -0.151. The fourth-order valence-electron chi connectivity index (χ4n) is 1.89. The van der Waals surface area contributed by atoms with E-state index in [1.807, 2.05) is 6.92 Å². The van der Waals surface area contributed by atoms with Crippen LogP contribution in [0, 0.1) is 5.41 Å². The smallest absolute Gasteiger partial charge is 0.236 e. The molecule has 0 fully saturated rings. The number of methoxy groups -OCH3 is 1. The van der Waals surface area contributed by atoms with Gasteiger partial charge < -0.3 is 15.4 Å². The van der Waals surface area contributed by atoms with Crippen molar-refractivity contribution in [3.8, 4) is 0 Å². The molecule has 0 aliphatic heterocycles. The highest BCUT2D eigenvalue weighted by atomic mass is 16.5. The molecule has 0 aromatic heterocycles. The summed E-state index contributed by atoms with van der Waals surface area (Å²) >= 11 is 0. The van der Waals surface area contributed by atoms with Gasteiger partial charge in [-0.3, -0.25) is 4.79 Å². The molecular formula is C15H32N2O2. The number of rotatable bonds is 11. The lowest BCUT2D eigenvalue weighted by molar-refractivity contribution is -0.123. The van der Waals surface area contributed by atoms with Crippen LogP contribution >= 0.6 is 0 Å². The molecule has 0 heterocycles. The summed E-state index contributed by atoms with van der Waals surface area (Å²) in [5.74, 6) is 0.0430. The molecule has 4 heteroatoms. The SMILES string of the molecule is CCCCCC(C)(C)CNC(C)C(=O)NCCOC. The van der Waals surface area contributed by atoms with Gasteiger partial charge in [0.05, 0.1) is 12.6 Å². The molecule has 0 rings (SSSR count). The topological polar surface area (TPSA) is 50.4 Å². The van der Waals surface area contributed by atoms with Gasteiger partial charge in [-0.25, -0.2) is 0 Å². The molecule has 0 aromatic rings. The summed E-state index contributed by atoms with van der Waals surface area (Å²) in [5.41, 5.74) is 0.246. The summed E-state index contributed by atoms with van der Waals surface area (Å²) in [5, 5.41) is 6.17. The Balaban J connectivity index is 3.85. The van der Waals surface area contributed by atoms with Crippen molar-refractivity contribution in [3.63, 3.8) is 0 Å². The summed E-state index contributed by atoms with van der Waals surface area (Å²) in [6.07, 6.45) is 5.00. The van der Waals surface area contributed by atoms with Gasteiger partial charge in [-0.15, -0.1) is 0 Å². The fourth-order valence-corrected chi connectivity index (χ4v) is 1.89. The first-order valence-corrected chi connectivity index (χ1v) is 7.43. The minimum absolute atomic E-state index is 0.0430. The molecule has 1 atom stereocenters. The van der Waals surface area contributed by atoms with Crippen molar-refractivity contribution < 1.29 is 9.53 Å². The Morgan fingerprint density at radius 1 is 1.32 bits per heavy atom. The average Bonchev–Trinajstić information content (AvgIpc) is 2.36. The fraction of sp³-hybridized carbons (Fsp3) is 0.933. The third-order valence-corrected chi connectivity index (χ3v) is 3.34. The number of amides is 1. The van der Waals surface area contributed by atoms with Gasteiger partial charge in [-0.1, -0.05) is 40.0 Å². The van der Waals surface area contributed by atoms with E-state index in [1.54, 1.807) is 7.11 Å². The Morgan fingerprint density at radius 2 is 2.00 bits per heavy atom. The number of hydrogen-bond donors (Lipinski definition) is 2. The maximum Gasteiger partial charge on any atom is 0.236 e. The van der Waals surface area contributed by atoms with Gasteiger partial charge in [-0.05, 0) is 18.8 Å². The Kier molecular flexibility index (Phi) is 9.88. The molecule has 0 saturated carbocycles. The van der Waals surface area contributed by atoms with Gasteiger partial charge in [0.15, 0.2) is 0 Å². The third kappa shape index (κ3) is 9.91. The second-order valence-electron chi connectivity index (χ2n) is 6.01. The molecule has 2 N–H and O–H groups in total. The number of carbonyl (C=O) groups excluding carboxylic acids is 1. The lowest BCUT2D eigenvalue weighted by Gasteiger charge is -2.27. The second-order valence-corrected chi connectivity index (χ2v) is 6.01. The molecule has 0 bridgehead atoms. The van der Waals surface area contributed by atoms with Gasteiger partial charge in [0, 0.05) is 20.2 Å². The van der Waals surface area contributed by atoms with Gasteiger partial charge in [-0.2, -0.15) is 0 Å². The monoisotopic (exact) mass is 272 g/mol. The van der Waals surface area contributed by atoms with Crippen LogP contribution in [0.15, 0.2) is 0 Å². The lowest BCUT2D eigenvalue weighted by Crippen LogP contribution is -2.46. The molecule has 4 nitrogen and oxygen atoms in total. The summed E-state index contributed by atoms with van der Waals surface area (Å²) in [4.78, 5) is 11.8. The standard InChI is InChI=1S/C15H32N2O2/c1-6-7-8-9-15(3,4)12-17-13(2)14(18)16-10-11-19-5/h13,17H,6-12H2,1-5H3,(H,16,18). The summed E-state index contributed by atoms with van der Waals surface area (Å²) in [6.45, 7) is 10.6. The predicted octanol–water partition coefficient (Wildman–Crippen LogP) is 2.33. The van der Waals surface area contributed by atoms with Crippen molar-refractivity contribution in [2.45, 2.75) is 59.4 Å². The van der Waals surface area contributed by atoms with E-state index in [1.165, 1.54) is 25.7 Å². The van der Waals surface area contributed by atoms with Crippen molar-refractivity contribution in [2.24, 2.45) is 5.41 Å². The predicted molar refractivity (Wildman–Crippen MR) is 80.3 cm³/mol. The van der Waals surface area contributed by atoms with Crippen molar-refractivity contribution in [3.05, 3.63) is 0 Å². The Hall–Kier alpha value is -0.610. The molecule has 19 heavy (non-hydrogen) atoms. The molecule has 0 radical (unpaired) electrons. The minimum Gasteiger partial charge on any atom is -0.383 e. The van der Waals surface area contributed by atoms with E-state index in [0.717, 1.165) is 6.54 Å². The van der Waals surface area contributed by atoms with E-state index in [4.69, 9.17) is 4.74 Å². The van der Waals surface area contributed by atoms with Crippen LogP contribution in [0.3, 0.4) is 0 Å². The Morgan fingerprint density at radius 3 is 2.58 bits per heavy atom. The van der Waals surface area contributed by atoms with Crippen LogP contribution in [0.25, 0.3) is 0 Å². The van der Waals surface area contributed by atoms with Crippen molar-refractivity contribution in [1.82, 2.24) is 10.6 Å². The summed E-state index contributed by atoms with van der Waals surface area (Å²) in [6, 6.07) is -0.151. The highest BCUT2D eigenvalue weighted by molar-refractivity contribution is 5.81. The highest BCUT2D eigenvalue weighted by Gasteiger charge is 2.20. The van der Waals surface area contributed by atoms with Crippen LogP contribution in [0.4, 0.5) is 0 Å². The largest absolute Gasteiger partial charge is 0.383 e. The molecule has 0 aliphatic rings. The number of hydrogen-bond acceptors (Lipinski definition) is 3. The first-order valence-electron chi connectivity index (χ1n) is 7.43. The van der Waals surface area contributed by atoms with Crippen LogP contribution in [0.2, 0.25) is 0 Å². The van der Waals surface area contributed by atoms with E-state index in [2.05, 4.69) is 31.4 Å². The van der Waals surface area contributed by atoms with Crippen LogP contribution in [0.5, 0.6) is 0 Å². The molecule has 1 unspecified atom stereocenters. The Bertz CT molecular complexity index is 242. The summed E-state index contributed by atoms with van der Waals surface area (Å²) in [7, 11) is 1.63. The van der Waals surface area contributed by atoms with Gasteiger partial charge in [0.1, 0.15) is 0 Å². The maximum absolute atomic E-state index is 11.8. The van der Waals surface area contributed by atoms with E-state index in [0.29, 0.717) is 13.2 Å². The van der Waals surface area contributed by atoms with Gasteiger partial charge >= 0.3 is 0 Å². The quantitative estimate of drug-likeness (QED) is 0.568. The zero-order valence-corrected chi connectivity index (χ0v) is 13.3. The van der Waals surface area contributed by atoms with E-state index >= 15 is 0 Å². The number of unbranched alkanes of at least 4 members (excludes halogenated alkanes) is 2. The van der Waals surface area contributed by atoms with Crippen molar-refractivity contribution in [2.75, 3.05) is 26.8 Å². The molecule has 0 aliphatic carbocycles. The van der Waals surface area contributed by atoms with Crippen LogP contribution < -0.4 is 10.6 Å².